The van der Waals surface area contributed by atoms with Crippen LogP contribution in [0.1, 0.15) is 35.1 Å². The van der Waals surface area contributed by atoms with E-state index < -0.39 is 5.97 Å². The summed E-state index contributed by atoms with van der Waals surface area (Å²) in [6.07, 6.45) is 3.98. The summed E-state index contributed by atoms with van der Waals surface area (Å²) in [4.78, 5) is 27.8. The Balaban J connectivity index is 2.07. The Hall–Kier alpha value is -2.22. The van der Waals surface area contributed by atoms with Gasteiger partial charge >= 0.3 is 5.97 Å². The van der Waals surface area contributed by atoms with Crippen molar-refractivity contribution in [3.63, 3.8) is 0 Å². The van der Waals surface area contributed by atoms with Crippen LogP contribution >= 0.6 is 11.3 Å². The van der Waals surface area contributed by atoms with Gasteiger partial charge in [-0.25, -0.2) is 4.98 Å². The van der Waals surface area contributed by atoms with Gasteiger partial charge in [-0.3, -0.25) is 14.3 Å². The number of aliphatic carboxylic acids is 1. The molecule has 2 aromatic heterocycles. The summed E-state index contributed by atoms with van der Waals surface area (Å²) in [5, 5.41) is 16.3. The molecule has 22 heavy (non-hydrogen) atoms. The first-order chi connectivity index (χ1) is 10.4. The van der Waals surface area contributed by atoms with Crippen molar-refractivity contribution in [2.45, 2.75) is 32.7 Å². The van der Waals surface area contributed by atoms with E-state index in [4.69, 9.17) is 5.11 Å². The molecule has 1 atom stereocenters. The van der Waals surface area contributed by atoms with E-state index in [0.717, 1.165) is 10.6 Å². The maximum absolute atomic E-state index is 12.3. The molecule has 7 nitrogen and oxygen atoms in total. The minimum Gasteiger partial charge on any atom is -0.481 e. The van der Waals surface area contributed by atoms with Gasteiger partial charge in [0.05, 0.1) is 11.9 Å². The van der Waals surface area contributed by atoms with Crippen molar-refractivity contribution in [2.24, 2.45) is 7.05 Å². The molecule has 2 rings (SSSR count). The molecule has 1 amide bonds. The number of hydrogen-bond acceptors (Lipinski definition) is 5. The highest BCUT2D eigenvalue weighted by Gasteiger charge is 2.18. The van der Waals surface area contributed by atoms with E-state index in [9.17, 15) is 9.59 Å². The van der Waals surface area contributed by atoms with Crippen molar-refractivity contribution in [3.05, 3.63) is 23.0 Å². The standard InChI is InChI=1S/C14H18N4O3S/c1-8(4-5-11(19)20)16-13(21)12-9(2)17-14(22-12)10-6-15-18(3)7-10/h6-8H,4-5H2,1-3H3,(H,16,21)(H,19,20). The molecule has 0 fully saturated rings. The Bertz CT molecular complexity index is 692. The lowest BCUT2D eigenvalue weighted by Crippen LogP contribution is -2.32. The molecule has 0 aliphatic rings. The number of amides is 1. The van der Waals surface area contributed by atoms with Crippen molar-refractivity contribution >= 4 is 23.2 Å². The molecule has 0 aliphatic carbocycles. The van der Waals surface area contributed by atoms with E-state index in [1.807, 2.05) is 13.2 Å². The normalized spacial score (nSPS) is 12.1. The molecule has 0 aromatic carbocycles. The number of thiazole rings is 1. The van der Waals surface area contributed by atoms with Crippen LogP contribution in [0, 0.1) is 6.92 Å². The quantitative estimate of drug-likeness (QED) is 0.845. The lowest BCUT2D eigenvalue weighted by atomic mass is 10.2. The van der Waals surface area contributed by atoms with Gasteiger partial charge in [0.15, 0.2) is 0 Å². The number of nitrogens with zero attached hydrogens (tertiary/aromatic N) is 3. The van der Waals surface area contributed by atoms with E-state index >= 15 is 0 Å². The summed E-state index contributed by atoms with van der Waals surface area (Å²) in [5.41, 5.74) is 1.53. The van der Waals surface area contributed by atoms with Crippen LogP contribution in [-0.2, 0) is 11.8 Å². The number of carbonyl (C=O) groups is 2. The topological polar surface area (TPSA) is 97.1 Å². The van der Waals surface area contributed by atoms with Gasteiger partial charge in [0, 0.05) is 31.3 Å². The maximum atomic E-state index is 12.3. The monoisotopic (exact) mass is 322 g/mol. The van der Waals surface area contributed by atoms with Crippen LogP contribution in [0.4, 0.5) is 0 Å². The Kier molecular flexibility index (Phi) is 4.92. The van der Waals surface area contributed by atoms with Gasteiger partial charge in [-0.05, 0) is 20.3 Å². The van der Waals surface area contributed by atoms with Gasteiger partial charge in [-0.1, -0.05) is 0 Å². The van der Waals surface area contributed by atoms with Crippen LogP contribution in [0.3, 0.4) is 0 Å². The zero-order valence-corrected chi connectivity index (χ0v) is 13.5. The Labute approximate surface area is 132 Å². The summed E-state index contributed by atoms with van der Waals surface area (Å²) in [6.45, 7) is 3.58. The number of hydrogen-bond donors (Lipinski definition) is 2. The molecular weight excluding hydrogens is 304 g/mol. The molecule has 0 radical (unpaired) electrons. The van der Waals surface area contributed by atoms with Crippen LogP contribution in [0.25, 0.3) is 10.6 Å². The molecule has 8 heteroatoms. The summed E-state index contributed by atoms with van der Waals surface area (Å²) in [7, 11) is 1.82. The third-order valence-corrected chi connectivity index (χ3v) is 4.33. The van der Waals surface area contributed by atoms with Gasteiger partial charge in [0.25, 0.3) is 5.91 Å². The van der Waals surface area contributed by atoms with Crippen LogP contribution in [-0.4, -0.2) is 37.8 Å². The Morgan fingerprint density at radius 1 is 1.50 bits per heavy atom. The zero-order chi connectivity index (χ0) is 16.3. The number of carbonyl (C=O) groups excluding carboxylic acids is 1. The minimum absolute atomic E-state index is 0.0318. The fourth-order valence-electron chi connectivity index (χ4n) is 1.96. The van der Waals surface area contributed by atoms with Gasteiger partial charge in [0.2, 0.25) is 0 Å². The first-order valence-electron chi connectivity index (χ1n) is 6.86. The van der Waals surface area contributed by atoms with Crippen LogP contribution in [0.15, 0.2) is 12.4 Å². The van der Waals surface area contributed by atoms with Crippen molar-refractivity contribution in [3.8, 4) is 10.6 Å². The summed E-state index contributed by atoms with van der Waals surface area (Å²) < 4.78 is 1.68. The van der Waals surface area contributed by atoms with Crippen LogP contribution < -0.4 is 5.32 Å². The second-order valence-corrected chi connectivity index (χ2v) is 6.14. The van der Waals surface area contributed by atoms with Crippen LogP contribution in [0.5, 0.6) is 0 Å². The molecular formula is C14H18N4O3S. The fourth-order valence-corrected chi connectivity index (χ4v) is 2.91. The van der Waals surface area contributed by atoms with Crippen molar-refractivity contribution in [2.75, 3.05) is 0 Å². The highest BCUT2D eigenvalue weighted by molar-refractivity contribution is 7.17. The molecule has 118 valence electrons. The van der Waals surface area contributed by atoms with Crippen molar-refractivity contribution in [1.82, 2.24) is 20.1 Å². The number of aromatic nitrogens is 3. The third kappa shape index (κ3) is 3.91. The molecule has 0 spiro atoms. The molecule has 2 aromatic rings. The fraction of sp³-hybridized carbons (Fsp3) is 0.429. The van der Waals surface area contributed by atoms with E-state index in [1.54, 1.807) is 24.7 Å². The predicted molar refractivity (Wildman–Crippen MR) is 82.9 cm³/mol. The number of carboxylic acid groups (broad SMARTS) is 1. The highest BCUT2D eigenvalue weighted by Crippen LogP contribution is 2.27. The van der Waals surface area contributed by atoms with E-state index in [2.05, 4.69) is 15.4 Å². The van der Waals surface area contributed by atoms with Gasteiger partial charge in [0.1, 0.15) is 9.88 Å². The third-order valence-electron chi connectivity index (χ3n) is 3.12. The molecule has 0 saturated heterocycles. The average molecular weight is 322 g/mol. The van der Waals surface area contributed by atoms with Crippen molar-refractivity contribution < 1.29 is 14.7 Å². The molecule has 2 heterocycles. The lowest BCUT2D eigenvalue weighted by Gasteiger charge is -2.11. The number of nitrogens with one attached hydrogen (secondary N) is 1. The number of rotatable bonds is 6. The highest BCUT2D eigenvalue weighted by atomic mass is 32.1. The minimum atomic E-state index is -0.867. The smallest absolute Gasteiger partial charge is 0.303 e. The van der Waals surface area contributed by atoms with Gasteiger partial charge in [-0.15, -0.1) is 11.3 Å². The molecule has 0 saturated carbocycles. The summed E-state index contributed by atoms with van der Waals surface area (Å²) in [5.74, 6) is -1.09. The maximum Gasteiger partial charge on any atom is 0.303 e. The average Bonchev–Trinajstić information content (AvgIpc) is 3.02. The molecule has 1 unspecified atom stereocenters. The molecule has 0 aliphatic heterocycles. The lowest BCUT2D eigenvalue weighted by molar-refractivity contribution is -0.137. The first-order valence-corrected chi connectivity index (χ1v) is 7.67. The Morgan fingerprint density at radius 2 is 2.23 bits per heavy atom. The summed E-state index contributed by atoms with van der Waals surface area (Å²) in [6, 6.07) is -0.202. The van der Waals surface area contributed by atoms with Gasteiger partial charge in [-0.2, -0.15) is 5.10 Å². The van der Waals surface area contributed by atoms with Crippen molar-refractivity contribution in [1.29, 1.82) is 0 Å². The van der Waals surface area contributed by atoms with Gasteiger partial charge < -0.3 is 10.4 Å². The zero-order valence-electron chi connectivity index (χ0n) is 12.7. The number of carboxylic acids is 1. The summed E-state index contributed by atoms with van der Waals surface area (Å²) >= 11 is 1.31. The predicted octanol–water partition coefficient (Wildman–Crippen LogP) is 1.84. The second-order valence-electron chi connectivity index (χ2n) is 5.14. The SMILES string of the molecule is Cc1nc(-c2cnn(C)c2)sc1C(=O)NC(C)CCC(=O)O. The van der Waals surface area contributed by atoms with E-state index in [1.165, 1.54) is 11.3 Å². The first kappa shape index (κ1) is 16.2. The largest absolute Gasteiger partial charge is 0.481 e. The molecule has 0 bridgehead atoms. The Morgan fingerprint density at radius 3 is 2.82 bits per heavy atom. The van der Waals surface area contributed by atoms with Crippen LogP contribution in [0.2, 0.25) is 0 Å². The van der Waals surface area contributed by atoms with E-state index in [-0.39, 0.29) is 18.4 Å². The molecule has 2 N–H and O–H groups in total. The number of aryl methyl sites for hydroxylation is 2. The van der Waals surface area contributed by atoms with E-state index in [0.29, 0.717) is 17.0 Å². The second kappa shape index (κ2) is 6.69.